The van der Waals surface area contributed by atoms with Gasteiger partial charge in [0.15, 0.2) is 4.77 Å². The lowest BCUT2D eigenvalue weighted by molar-refractivity contribution is -0.385. The van der Waals surface area contributed by atoms with E-state index in [4.69, 9.17) is 17.3 Å². The van der Waals surface area contributed by atoms with Crippen LogP contribution in [0.15, 0.2) is 24.3 Å². The Balaban J connectivity index is 1.57. The molecule has 0 bridgehead atoms. The summed E-state index contributed by atoms with van der Waals surface area (Å²) in [7, 11) is 0. The van der Waals surface area contributed by atoms with Crippen LogP contribution < -0.4 is 0 Å². The molecule has 0 spiro atoms. The predicted molar refractivity (Wildman–Crippen MR) is 100 cm³/mol. The van der Waals surface area contributed by atoms with Gasteiger partial charge in [0.25, 0.3) is 5.69 Å². The highest BCUT2D eigenvalue weighted by molar-refractivity contribution is 7.71. The molecule has 26 heavy (non-hydrogen) atoms. The molecule has 2 fully saturated rings. The van der Waals surface area contributed by atoms with Gasteiger partial charge >= 0.3 is 0 Å². The molecule has 0 amide bonds. The van der Waals surface area contributed by atoms with Crippen LogP contribution in [-0.4, -0.2) is 30.7 Å². The minimum Gasteiger partial charge on any atom is -0.301 e. The molecule has 7 nitrogen and oxygen atoms in total. The Labute approximate surface area is 157 Å². The second kappa shape index (κ2) is 6.92. The van der Waals surface area contributed by atoms with Gasteiger partial charge in [0.1, 0.15) is 5.82 Å². The fourth-order valence-electron chi connectivity index (χ4n) is 3.34. The average Bonchev–Trinajstić information content (AvgIpc) is 3.53. The first-order valence-corrected chi connectivity index (χ1v) is 9.63. The summed E-state index contributed by atoms with van der Waals surface area (Å²) in [4.78, 5) is 13.1. The third-order valence-electron chi connectivity index (χ3n) is 5.11. The van der Waals surface area contributed by atoms with Crippen molar-refractivity contribution in [3.05, 3.63) is 50.5 Å². The van der Waals surface area contributed by atoms with Gasteiger partial charge in [-0.2, -0.15) is 5.10 Å². The molecule has 0 atom stereocenters. The van der Waals surface area contributed by atoms with Gasteiger partial charge in [-0.1, -0.05) is 25.1 Å². The van der Waals surface area contributed by atoms with Crippen LogP contribution in [0.3, 0.4) is 0 Å². The Morgan fingerprint density at radius 2 is 2.04 bits per heavy atom. The highest BCUT2D eigenvalue weighted by Gasteiger charge is 2.35. The number of hydrogen-bond acceptors (Lipinski definition) is 5. The molecule has 2 aromatic rings. The maximum Gasteiger partial charge on any atom is 0.273 e. The van der Waals surface area contributed by atoms with Crippen molar-refractivity contribution >= 4 is 17.9 Å². The van der Waals surface area contributed by atoms with Crippen molar-refractivity contribution in [2.45, 2.75) is 57.8 Å². The van der Waals surface area contributed by atoms with Crippen LogP contribution in [0.1, 0.15) is 56.0 Å². The van der Waals surface area contributed by atoms with Crippen molar-refractivity contribution in [2.75, 3.05) is 6.54 Å². The molecule has 0 N–H and O–H groups in total. The molecule has 4 rings (SSSR count). The third-order valence-corrected chi connectivity index (χ3v) is 5.52. The summed E-state index contributed by atoms with van der Waals surface area (Å²) < 4.78 is 4.95. The lowest BCUT2D eigenvalue weighted by atomic mass is 10.1. The van der Waals surface area contributed by atoms with Crippen LogP contribution in [-0.2, 0) is 13.2 Å². The quantitative estimate of drug-likeness (QED) is 0.397. The van der Waals surface area contributed by atoms with Crippen LogP contribution in [0, 0.1) is 14.9 Å². The molecule has 1 aromatic heterocycles. The minimum absolute atomic E-state index is 0.164. The van der Waals surface area contributed by atoms with E-state index >= 15 is 0 Å². The number of benzene rings is 1. The summed E-state index contributed by atoms with van der Waals surface area (Å²) in [5.74, 6) is 1.70. The van der Waals surface area contributed by atoms with Gasteiger partial charge in [0, 0.05) is 30.1 Å². The monoisotopic (exact) mass is 373 g/mol. The zero-order valence-corrected chi connectivity index (χ0v) is 15.7. The summed E-state index contributed by atoms with van der Waals surface area (Å²) in [5, 5.41) is 16.1. The topological polar surface area (TPSA) is 69.1 Å². The molecule has 0 saturated heterocycles. The summed E-state index contributed by atoms with van der Waals surface area (Å²) >= 11 is 5.70. The molecule has 2 aliphatic rings. The van der Waals surface area contributed by atoms with Crippen LogP contribution in [0.25, 0.3) is 0 Å². The van der Waals surface area contributed by atoms with Crippen molar-refractivity contribution in [3.63, 3.8) is 0 Å². The molecule has 1 aromatic carbocycles. The zero-order chi connectivity index (χ0) is 18.3. The first-order chi connectivity index (χ1) is 12.6. The second-order valence-corrected chi connectivity index (χ2v) is 7.55. The SMILES string of the molecule is CCN(Cc1ccccc1[N+](=O)[O-])Cn1nc(C2CC2)n(C2CC2)c1=S. The lowest BCUT2D eigenvalue weighted by Crippen LogP contribution is -2.27. The first-order valence-electron chi connectivity index (χ1n) is 9.22. The molecule has 8 heteroatoms. The zero-order valence-electron chi connectivity index (χ0n) is 14.9. The van der Waals surface area contributed by atoms with Gasteiger partial charge in [0.05, 0.1) is 11.6 Å². The molecule has 0 radical (unpaired) electrons. The van der Waals surface area contributed by atoms with E-state index in [1.54, 1.807) is 12.1 Å². The average molecular weight is 373 g/mol. The molecule has 2 aliphatic carbocycles. The van der Waals surface area contributed by atoms with E-state index in [-0.39, 0.29) is 10.6 Å². The van der Waals surface area contributed by atoms with Crippen LogP contribution in [0.5, 0.6) is 0 Å². The van der Waals surface area contributed by atoms with Crippen molar-refractivity contribution in [3.8, 4) is 0 Å². The minimum atomic E-state index is -0.318. The second-order valence-electron chi connectivity index (χ2n) is 7.19. The van der Waals surface area contributed by atoms with E-state index in [1.807, 2.05) is 16.8 Å². The highest BCUT2D eigenvalue weighted by atomic mass is 32.1. The Morgan fingerprint density at radius 1 is 1.31 bits per heavy atom. The maximum atomic E-state index is 11.3. The number of rotatable bonds is 8. The summed E-state index contributed by atoms with van der Waals surface area (Å²) in [6.45, 7) is 3.88. The van der Waals surface area contributed by atoms with Crippen LogP contribution >= 0.6 is 12.2 Å². The van der Waals surface area contributed by atoms with E-state index in [1.165, 1.54) is 25.7 Å². The number of aromatic nitrogens is 3. The van der Waals surface area contributed by atoms with Gasteiger partial charge in [-0.15, -0.1) is 0 Å². The van der Waals surface area contributed by atoms with Gasteiger partial charge < -0.3 is 4.57 Å². The largest absolute Gasteiger partial charge is 0.301 e. The number of nitro groups is 1. The van der Waals surface area contributed by atoms with E-state index in [0.717, 1.165) is 22.7 Å². The molecular weight excluding hydrogens is 350 g/mol. The van der Waals surface area contributed by atoms with Crippen molar-refractivity contribution in [1.82, 2.24) is 19.2 Å². The third kappa shape index (κ3) is 3.43. The molecule has 0 aliphatic heterocycles. The maximum absolute atomic E-state index is 11.3. The van der Waals surface area contributed by atoms with Gasteiger partial charge in [-0.05, 0) is 44.4 Å². The smallest absolute Gasteiger partial charge is 0.273 e. The summed E-state index contributed by atoms with van der Waals surface area (Å²) in [5.41, 5.74) is 0.881. The number of para-hydroxylation sites is 1. The number of nitro benzene ring substituents is 1. The van der Waals surface area contributed by atoms with E-state index in [2.05, 4.69) is 16.4 Å². The summed E-state index contributed by atoms with van der Waals surface area (Å²) in [6.07, 6.45) is 4.78. The van der Waals surface area contributed by atoms with E-state index < -0.39 is 0 Å². The van der Waals surface area contributed by atoms with E-state index in [0.29, 0.717) is 25.2 Å². The molecule has 2 saturated carbocycles. The number of hydrogen-bond donors (Lipinski definition) is 0. The fraction of sp³-hybridized carbons (Fsp3) is 0.556. The highest BCUT2D eigenvalue weighted by Crippen LogP contribution is 2.44. The Bertz CT molecular complexity index is 882. The van der Waals surface area contributed by atoms with Crippen molar-refractivity contribution in [1.29, 1.82) is 0 Å². The fourth-order valence-corrected chi connectivity index (χ4v) is 3.68. The van der Waals surface area contributed by atoms with Crippen LogP contribution in [0.2, 0.25) is 0 Å². The van der Waals surface area contributed by atoms with Crippen LogP contribution in [0.4, 0.5) is 5.69 Å². The molecule has 0 unspecified atom stereocenters. The Kier molecular flexibility index (Phi) is 4.62. The van der Waals surface area contributed by atoms with E-state index in [9.17, 15) is 10.1 Å². The molecular formula is C18H23N5O2S. The molecule has 138 valence electrons. The van der Waals surface area contributed by atoms with Crippen molar-refractivity contribution < 1.29 is 4.92 Å². The van der Waals surface area contributed by atoms with Gasteiger partial charge in [-0.3, -0.25) is 15.0 Å². The first kappa shape index (κ1) is 17.4. The predicted octanol–water partition coefficient (Wildman–Crippen LogP) is 4.01. The Hall–Kier alpha value is -2.06. The normalized spacial score (nSPS) is 17.0. The summed E-state index contributed by atoms with van der Waals surface area (Å²) in [6, 6.07) is 7.44. The number of nitrogens with zero attached hydrogens (tertiary/aromatic N) is 5. The van der Waals surface area contributed by atoms with Gasteiger partial charge in [-0.25, -0.2) is 4.68 Å². The van der Waals surface area contributed by atoms with Crippen molar-refractivity contribution in [2.24, 2.45) is 0 Å². The standard InChI is InChI=1S/C18H23N5O2S/c1-2-20(11-14-5-3-4-6-16(14)23(24)25)12-21-18(26)22(15-9-10-15)17(19-21)13-7-8-13/h3-6,13,15H,2,7-12H2,1H3. The molecule has 1 heterocycles. The lowest BCUT2D eigenvalue weighted by Gasteiger charge is -2.20. The van der Waals surface area contributed by atoms with Gasteiger partial charge in [0.2, 0.25) is 0 Å². The Morgan fingerprint density at radius 3 is 2.65 bits per heavy atom.